The molecule has 15 heteroatoms. The van der Waals surface area contributed by atoms with E-state index in [4.69, 9.17) is 23.8 Å². The SMILES string of the molecule is COc1cc(NC(=O)Nc2cccc(CNC(=O)OC(CCN(C)C(C)C)c3ccccc3)c2)ccc1-c1cnco1.O=C(O)C(F)(F)F. The Morgan fingerprint density at radius 2 is 1.65 bits per heavy atom. The van der Waals surface area contributed by atoms with Gasteiger partial charge in [-0.2, -0.15) is 13.2 Å². The van der Waals surface area contributed by atoms with E-state index < -0.39 is 24.3 Å². The molecule has 1 unspecified atom stereocenters. The summed E-state index contributed by atoms with van der Waals surface area (Å²) >= 11 is 0. The highest BCUT2D eigenvalue weighted by atomic mass is 19.4. The summed E-state index contributed by atoms with van der Waals surface area (Å²) in [6, 6.07) is 22.2. The van der Waals surface area contributed by atoms with Crippen molar-refractivity contribution in [1.29, 1.82) is 0 Å². The van der Waals surface area contributed by atoms with Crippen molar-refractivity contribution < 1.29 is 46.6 Å². The van der Waals surface area contributed by atoms with Crippen LogP contribution in [-0.2, 0) is 16.1 Å². The molecule has 0 spiro atoms. The number of ether oxygens (including phenoxy) is 2. The molecule has 3 aromatic carbocycles. The van der Waals surface area contributed by atoms with Gasteiger partial charge in [0.05, 0.1) is 18.9 Å². The van der Waals surface area contributed by atoms with E-state index >= 15 is 0 Å². The summed E-state index contributed by atoms with van der Waals surface area (Å²) in [6.45, 7) is 5.29. The number of carbonyl (C=O) groups excluding carboxylic acids is 2. The second-order valence-corrected chi connectivity index (χ2v) is 10.9. The number of alkyl carbamates (subject to hydrolysis) is 1. The molecule has 0 aliphatic rings. The maximum Gasteiger partial charge on any atom is 0.490 e. The van der Waals surface area contributed by atoms with Crippen LogP contribution < -0.4 is 20.7 Å². The minimum atomic E-state index is -5.08. The first-order valence-corrected chi connectivity index (χ1v) is 15.0. The molecule has 12 nitrogen and oxygen atoms in total. The van der Waals surface area contributed by atoms with Crippen molar-refractivity contribution in [3.8, 4) is 17.1 Å². The molecule has 0 bridgehead atoms. The number of aromatic nitrogens is 1. The van der Waals surface area contributed by atoms with Crippen LogP contribution in [-0.4, -0.2) is 66.0 Å². The van der Waals surface area contributed by atoms with Crippen molar-refractivity contribution in [2.75, 3.05) is 31.3 Å². The highest BCUT2D eigenvalue weighted by molar-refractivity contribution is 6.00. The van der Waals surface area contributed by atoms with Crippen molar-refractivity contribution in [2.24, 2.45) is 0 Å². The number of rotatable bonds is 12. The lowest BCUT2D eigenvalue weighted by atomic mass is 10.1. The van der Waals surface area contributed by atoms with Crippen LogP contribution in [0.25, 0.3) is 11.3 Å². The Bertz CT molecular complexity index is 1650. The largest absolute Gasteiger partial charge is 0.496 e. The van der Waals surface area contributed by atoms with Crippen molar-refractivity contribution in [1.82, 2.24) is 15.2 Å². The number of anilines is 2. The number of benzene rings is 3. The van der Waals surface area contributed by atoms with Crippen LogP contribution in [0.3, 0.4) is 0 Å². The maximum atomic E-state index is 12.7. The lowest BCUT2D eigenvalue weighted by molar-refractivity contribution is -0.192. The first-order valence-electron chi connectivity index (χ1n) is 15.0. The Hall–Kier alpha value is -5.57. The number of nitrogens with zero attached hydrogens (tertiary/aromatic N) is 2. The zero-order valence-electron chi connectivity index (χ0n) is 27.3. The fraction of sp³-hybridized carbons (Fsp3) is 0.294. The molecule has 0 saturated heterocycles. The van der Waals surface area contributed by atoms with Gasteiger partial charge in [-0.3, -0.25) is 0 Å². The van der Waals surface area contributed by atoms with E-state index in [1.54, 1.807) is 43.6 Å². The van der Waals surface area contributed by atoms with Crippen molar-refractivity contribution in [3.63, 3.8) is 0 Å². The Kier molecular flexibility index (Phi) is 14.0. The smallest absolute Gasteiger partial charge is 0.490 e. The molecule has 0 aliphatic carbocycles. The minimum absolute atomic E-state index is 0.240. The monoisotopic (exact) mass is 685 g/mol. The van der Waals surface area contributed by atoms with Crippen LogP contribution in [0.1, 0.15) is 37.5 Å². The second kappa shape index (κ2) is 18.1. The fourth-order valence-corrected chi connectivity index (χ4v) is 4.26. The van der Waals surface area contributed by atoms with Crippen LogP contribution in [0.5, 0.6) is 5.75 Å². The van der Waals surface area contributed by atoms with Gasteiger partial charge < -0.3 is 39.8 Å². The first-order chi connectivity index (χ1) is 23.3. The number of methoxy groups -OCH3 is 1. The quantitative estimate of drug-likeness (QED) is 0.120. The van der Waals surface area contributed by atoms with Gasteiger partial charge in [-0.1, -0.05) is 42.5 Å². The van der Waals surface area contributed by atoms with Crippen molar-refractivity contribution in [2.45, 2.75) is 45.1 Å². The number of alkyl halides is 3. The van der Waals surface area contributed by atoms with Crippen LogP contribution in [0, 0.1) is 0 Å². The summed E-state index contributed by atoms with van der Waals surface area (Å²) in [6.07, 6.45) is -2.35. The third kappa shape index (κ3) is 12.5. The van der Waals surface area contributed by atoms with Crippen LogP contribution in [0.2, 0.25) is 0 Å². The summed E-state index contributed by atoms with van der Waals surface area (Å²) in [5.74, 6) is -1.66. The molecule has 4 rings (SSSR count). The van der Waals surface area contributed by atoms with E-state index in [1.165, 1.54) is 6.39 Å². The second-order valence-electron chi connectivity index (χ2n) is 10.9. The summed E-state index contributed by atoms with van der Waals surface area (Å²) < 4.78 is 48.4. The van der Waals surface area contributed by atoms with E-state index in [9.17, 15) is 22.8 Å². The number of carbonyl (C=O) groups is 3. The standard InChI is InChI=1S/C32H37N5O5.C2HF3O2/c1-22(2)37(3)16-15-28(24-10-6-5-7-11-24)42-32(39)34-19-23-9-8-12-25(17-23)35-31(38)36-26-13-14-27(29(18-26)40-4)30-20-33-21-41-30;3-2(4,5)1(6)7/h5-14,17-18,20-22,28H,15-16,19H2,1-4H3,(H,34,39)(H2,35,36,38);(H,6,7). The van der Waals surface area contributed by atoms with Gasteiger partial charge in [-0.05, 0) is 56.3 Å². The summed E-state index contributed by atoms with van der Waals surface area (Å²) in [4.78, 5) is 40.5. The molecule has 4 N–H and O–H groups in total. The predicted molar refractivity (Wildman–Crippen MR) is 176 cm³/mol. The van der Waals surface area contributed by atoms with Crippen LogP contribution in [0.4, 0.5) is 34.1 Å². The van der Waals surface area contributed by atoms with Crippen molar-refractivity contribution >= 4 is 29.5 Å². The molecule has 1 atom stereocenters. The Morgan fingerprint density at radius 3 is 2.24 bits per heavy atom. The molecular formula is C34H38F3N5O7. The van der Waals surface area contributed by atoms with Crippen molar-refractivity contribution in [3.05, 3.63) is 96.5 Å². The molecule has 262 valence electrons. The zero-order chi connectivity index (χ0) is 36.0. The molecule has 49 heavy (non-hydrogen) atoms. The number of urea groups is 1. The number of carboxylic acid groups (broad SMARTS) is 1. The molecule has 3 amide bonds. The van der Waals surface area contributed by atoms with Crippen LogP contribution in [0.15, 0.2) is 89.8 Å². The lowest BCUT2D eigenvalue weighted by Gasteiger charge is -2.25. The number of amides is 3. The van der Waals surface area contributed by atoms with Gasteiger partial charge >= 0.3 is 24.3 Å². The van der Waals surface area contributed by atoms with E-state index in [0.29, 0.717) is 35.3 Å². The molecule has 1 heterocycles. The summed E-state index contributed by atoms with van der Waals surface area (Å²) in [5, 5.41) is 15.6. The number of halogens is 3. The van der Waals surface area contributed by atoms with Gasteiger partial charge in [0.25, 0.3) is 0 Å². The van der Waals surface area contributed by atoms with E-state index in [-0.39, 0.29) is 12.6 Å². The summed E-state index contributed by atoms with van der Waals surface area (Å²) in [7, 11) is 3.60. The van der Waals surface area contributed by atoms with Gasteiger partial charge in [0.2, 0.25) is 0 Å². The molecule has 0 radical (unpaired) electrons. The van der Waals surface area contributed by atoms with Gasteiger partial charge in [-0.25, -0.2) is 19.4 Å². The Balaban J connectivity index is 0.000000838. The molecule has 0 saturated carbocycles. The highest BCUT2D eigenvalue weighted by Gasteiger charge is 2.38. The number of hydrogen-bond donors (Lipinski definition) is 4. The molecule has 0 aliphatic heterocycles. The normalized spacial score (nSPS) is 11.6. The van der Waals surface area contributed by atoms with E-state index in [2.05, 4.69) is 46.7 Å². The highest BCUT2D eigenvalue weighted by Crippen LogP contribution is 2.32. The number of aliphatic carboxylic acids is 1. The Labute approximate surface area is 281 Å². The minimum Gasteiger partial charge on any atom is -0.496 e. The summed E-state index contributed by atoms with van der Waals surface area (Å²) in [5.41, 5.74) is 3.59. The topological polar surface area (TPSA) is 155 Å². The zero-order valence-corrected chi connectivity index (χ0v) is 27.3. The van der Waals surface area contributed by atoms with Gasteiger partial charge in [-0.15, -0.1) is 0 Å². The number of nitrogens with one attached hydrogen (secondary N) is 3. The third-order valence-corrected chi connectivity index (χ3v) is 7.07. The molecule has 0 fully saturated rings. The molecular weight excluding hydrogens is 647 g/mol. The van der Waals surface area contributed by atoms with E-state index in [0.717, 1.165) is 23.2 Å². The average Bonchev–Trinajstić information content (AvgIpc) is 3.61. The number of oxazole rings is 1. The predicted octanol–water partition coefficient (Wildman–Crippen LogP) is 7.33. The number of carboxylic acids is 1. The fourth-order valence-electron chi connectivity index (χ4n) is 4.26. The lowest BCUT2D eigenvalue weighted by Crippen LogP contribution is -2.30. The molecule has 1 aromatic heterocycles. The van der Waals surface area contributed by atoms with Crippen LogP contribution >= 0.6 is 0 Å². The first kappa shape index (κ1) is 37.9. The van der Waals surface area contributed by atoms with Gasteiger partial charge in [0, 0.05) is 43.0 Å². The number of hydrogen-bond acceptors (Lipinski definition) is 8. The van der Waals surface area contributed by atoms with E-state index in [1.807, 2.05) is 42.5 Å². The molecule has 4 aromatic rings. The average molecular weight is 686 g/mol. The maximum absolute atomic E-state index is 12.7. The van der Waals surface area contributed by atoms with Gasteiger partial charge in [0.1, 0.15) is 11.9 Å². The third-order valence-electron chi connectivity index (χ3n) is 7.07. The Morgan fingerprint density at radius 1 is 0.980 bits per heavy atom. The van der Waals surface area contributed by atoms with Gasteiger partial charge in [0.15, 0.2) is 12.2 Å².